The van der Waals surface area contributed by atoms with Gasteiger partial charge in [0.15, 0.2) is 0 Å². The van der Waals surface area contributed by atoms with Gasteiger partial charge < -0.3 is 15.4 Å². The largest absolute Gasteiger partial charge is 0.497 e. The summed E-state index contributed by atoms with van der Waals surface area (Å²) in [6.07, 6.45) is 0. The van der Waals surface area contributed by atoms with Crippen LogP contribution in [0, 0.1) is 0 Å². The maximum atomic E-state index is 12.8. The molecule has 0 aliphatic rings. The summed E-state index contributed by atoms with van der Waals surface area (Å²) >= 11 is 1.40. The number of carbonyl (C=O) groups is 2. The van der Waals surface area contributed by atoms with Crippen LogP contribution in [0.25, 0.3) is 0 Å². The van der Waals surface area contributed by atoms with Crippen molar-refractivity contribution in [3.8, 4) is 5.75 Å². The Morgan fingerprint density at radius 3 is 2.14 bits per heavy atom. The minimum atomic E-state index is -0.777. The fourth-order valence-electron chi connectivity index (χ4n) is 2.71. The van der Waals surface area contributed by atoms with Crippen molar-refractivity contribution in [2.24, 2.45) is 0 Å². The molecule has 0 saturated carbocycles. The van der Waals surface area contributed by atoms with Crippen LogP contribution in [-0.4, -0.2) is 24.7 Å². The van der Waals surface area contributed by atoms with Gasteiger partial charge in [-0.05, 0) is 42.0 Å². The number of thioether (sulfide) groups is 1. The number of carbonyl (C=O) groups excluding carboxylic acids is 2. The van der Waals surface area contributed by atoms with Crippen LogP contribution < -0.4 is 15.4 Å². The van der Waals surface area contributed by atoms with Crippen LogP contribution in [0.1, 0.15) is 11.6 Å². The van der Waals surface area contributed by atoms with Crippen molar-refractivity contribution in [1.29, 1.82) is 0 Å². The summed E-state index contributed by atoms with van der Waals surface area (Å²) in [6, 6.07) is 25.1. The van der Waals surface area contributed by atoms with E-state index in [1.807, 2.05) is 72.8 Å². The smallest absolute Gasteiger partial charge is 0.251 e. The van der Waals surface area contributed by atoms with E-state index >= 15 is 0 Å². The molecule has 6 heteroatoms. The topological polar surface area (TPSA) is 67.4 Å². The lowest BCUT2D eigenvalue weighted by atomic mass is 10.1. The number of rotatable bonds is 8. The minimum Gasteiger partial charge on any atom is -0.497 e. The molecular formula is C23H22N2O3S. The fraction of sp³-hybridized carbons (Fsp3) is 0.130. The summed E-state index contributed by atoms with van der Waals surface area (Å²) < 4.78 is 5.14. The first-order valence-corrected chi connectivity index (χ1v) is 10.1. The highest BCUT2D eigenvalue weighted by Gasteiger charge is 2.22. The highest BCUT2D eigenvalue weighted by atomic mass is 32.2. The van der Waals surface area contributed by atoms with E-state index < -0.39 is 6.04 Å². The zero-order valence-electron chi connectivity index (χ0n) is 16.0. The van der Waals surface area contributed by atoms with Crippen molar-refractivity contribution >= 4 is 29.3 Å². The van der Waals surface area contributed by atoms with Crippen molar-refractivity contribution in [1.82, 2.24) is 5.32 Å². The molecule has 2 amide bonds. The number of hydrogen-bond acceptors (Lipinski definition) is 4. The second-order valence-corrected chi connectivity index (χ2v) is 7.28. The lowest BCUT2D eigenvalue weighted by Gasteiger charge is -2.19. The molecule has 0 heterocycles. The molecular weight excluding hydrogens is 384 g/mol. The predicted octanol–water partition coefficient (Wildman–Crippen LogP) is 4.28. The molecule has 0 spiro atoms. The number of methoxy groups -OCH3 is 1. The van der Waals surface area contributed by atoms with Crippen LogP contribution in [0.2, 0.25) is 0 Å². The molecule has 148 valence electrons. The van der Waals surface area contributed by atoms with E-state index in [1.54, 1.807) is 19.2 Å². The van der Waals surface area contributed by atoms with Crippen molar-refractivity contribution in [2.45, 2.75) is 10.9 Å². The number of hydrogen-bond donors (Lipinski definition) is 2. The van der Waals surface area contributed by atoms with Gasteiger partial charge in [0.25, 0.3) is 5.91 Å². The lowest BCUT2D eigenvalue weighted by Crippen LogP contribution is -2.37. The molecule has 1 unspecified atom stereocenters. The molecule has 0 radical (unpaired) electrons. The second-order valence-electron chi connectivity index (χ2n) is 6.23. The number of nitrogens with one attached hydrogen (secondary N) is 2. The Balaban J connectivity index is 1.65. The first-order valence-electron chi connectivity index (χ1n) is 9.13. The second kappa shape index (κ2) is 10.3. The first-order chi connectivity index (χ1) is 14.2. The number of amides is 2. The summed E-state index contributed by atoms with van der Waals surface area (Å²) in [4.78, 5) is 26.3. The lowest BCUT2D eigenvalue weighted by molar-refractivity contribution is -0.125. The molecule has 29 heavy (non-hydrogen) atoms. The number of para-hydroxylation sites is 1. The van der Waals surface area contributed by atoms with Crippen LogP contribution in [0.4, 0.5) is 5.69 Å². The van der Waals surface area contributed by atoms with Gasteiger partial charge in [-0.2, -0.15) is 0 Å². The van der Waals surface area contributed by atoms with Crippen LogP contribution in [0.5, 0.6) is 5.75 Å². The molecule has 3 aromatic carbocycles. The van der Waals surface area contributed by atoms with Gasteiger partial charge in [-0.3, -0.25) is 9.59 Å². The summed E-state index contributed by atoms with van der Waals surface area (Å²) in [6.45, 7) is 0. The van der Waals surface area contributed by atoms with Crippen LogP contribution in [0.15, 0.2) is 89.8 Å². The summed E-state index contributed by atoms with van der Waals surface area (Å²) in [7, 11) is 1.61. The average molecular weight is 407 g/mol. The third kappa shape index (κ3) is 6.12. The standard InChI is InChI=1S/C23H22N2O3S/c1-28-19-12-14-20(15-13-19)29-16-21(26)25-22(17-8-4-2-5-9-17)23(27)24-18-10-6-3-7-11-18/h2-15,22H,16H2,1H3,(H,24,27)(H,25,26). The SMILES string of the molecule is COc1ccc(SCC(=O)NC(C(=O)Nc2ccccc2)c2ccccc2)cc1. The summed E-state index contributed by atoms with van der Waals surface area (Å²) in [5.41, 5.74) is 1.41. The van der Waals surface area contributed by atoms with Gasteiger partial charge in [0, 0.05) is 10.6 Å². The molecule has 3 aromatic rings. The maximum Gasteiger partial charge on any atom is 0.251 e. The number of ether oxygens (including phenoxy) is 1. The van der Waals surface area contributed by atoms with Crippen molar-refractivity contribution < 1.29 is 14.3 Å². The van der Waals surface area contributed by atoms with E-state index in [9.17, 15) is 9.59 Å². The number of anilines is 1. The molecule has 5 nitrogen and oxygen atoms in total. The van der Waals surface area contributed by atoms with E-state index in [1.165, 1.54) is 11.8 Å². The zero-order valence-corrected chi connectivity index (χ0v) is 16.8. The summed E-state index contributed by atoms with van der Waals surface area (Å²) in [5, 5.41) is 5.71. The molecule has 1 atom stereocenters. The molecule has 0 aliphatic carbocycles. The van der Waals surface area contributed by atoms with E-state index in [0.29, 0.717) is 5.69 Å². The van der Waals surface area contributed by atoms with Gasteiger partial charge in [-0.15, -0.1) is 11.8 Å². The molecule has 3 rings (SSSR count). The Kier molecular flexibility index (Phi) is 7.30. The van der Waals surface area contributed by atoms with Crippen molar-refractivity contribution in [3.63, 3.8) is 0 Å². The Hall–Kier alpha value is -3.25. The average Bonchev–Trinajstić information content (AvgIpc) is 2.77. The van der Waals surface area contributed by atoms with E-state index in [4.69, 9.17) is 4.74 Å². The fourth-order valence-corrected chi connectivity index (χ4v) is 3.41. The Morgan fingerprint density at radius 2 is 1.52 bits per heavy atom. The third-order valence-corrected chi connectivity index (χ3v) is 5.18. The van der Waals surface area contributed by atoms with Gasteiger partial charge in [-0.1, -0.05) is 48.5 Å². The van der Waals surface area contributed by atoms with Crippen LogP contribution in [0.3, 0.4) is 0 Å². The highest BCUT2D eigenvalue weighted by molar-refractivity contribution is 8.00. The summed E-state index contributed by atoms with van der Waals surface area (Å²) in [5.74, 6) is 0.461. The normalized spacial score (nSPS) is 11.3. The first kappa shape index (κ1) is 20.5. The van der Waals surface area contributed by atoms with E-state index in [-0.39, 0.29) is 17.6 Å². The number of benzene rings is 3. The monoisotopic (exact) mass is 406 g/mol. The zero-order chi connectivity index (χ0) is 20.5. The Morgan fingerprint density at radius 1 is 0.897 bits per heavy atom. The molecule has 0 aromatic heterocycles. The van der Waals surface area contributed by atoms with Gasteiger partial charge in [-0.25, -0.2) is 0 Å². The minimum absolute atomic E-state index is 0.203. The van der Waals surface area contributed by atoms with Crippen LogP contribution >= 0.6 is 11.8 Å². The van der Waals surface area contributed by atoms with Gasteiger partial charge in [0.2, 0.25) is 5.91 Å². The van der Waals surface area contributed by atoms with Gasteiger partial charge in [0.05, 0.1) is 12.9 Å². The molecule has 0 aliphatic heterocycles. The Labute approximate surface area is 174 Å². The molecule has 2 N–H and O–H groups in total. The Bertz CT molecular complexity index is 931. The van der Waals surface area contributed by atoms with Crippen molar-refractivity contribution in [2.75, 3.05) is 18.2 Å². The maximum absolute atomic E-state index is 12.8. The third-order valence-electron chi connectivity index (χ3n) is 4.17. The molecule has 0 bridgehead atoms. The van der Waals surface area contributed by atoms with Gasteiger partial charge in [0.1, 0.15) is 11.8 Å². The van der Waals surface area contributed by atoms with Gasteiger partial charge >= 0.3 is 0 Å². The van der Waals surface area contributed by atoms with Crippen LogP contribution in [-0.2, 0) is 9.59 Å². The predicted molar refractivity (Wildman–Crippen MR) is 116 cm³/mol. The van der Waals surface area contributed by atoms with E-state index in [0.717, 1.165) is 16.2 Å². The van der Waals surface area contributed by atoms with Crippen molar-refractivity contribution in [3.05, 3.63) is 90.5 Å². The molecule has 0 fully saturated rings. The highest BCUT2D eigenvalue weighted by Crippen LogP contribution is 2.22. The quantitative estimate of drug-likeness (QED) is 0.548. The molecule has 0 saturated heterocycles. The van der Waals surface area contributed by atoms with E-state index in [2.05, 4.69) is 10.6 Å².